The fourth-order valence-corrected chi connectivity index (χ4v) is 5.75. The third-order valence-electron chi connectivity index (χ3n) is 6.14. The molecule has 8 nitrogen and oxygen atoms in total. The highest BCUT2D eigenvalue weighted by molar-refractivity contribution is 9.10. The van der Waals surface area contributed by atoms with Gasteiger partial charge in [0.25, 0.3) is 5.91 Å². The second-order valence-electron chi connectivity index (χ2n) is 8.44. The third-order valence-corrected chi connectivity index (χ3v) is 8.07. The second-order valence-corrected chi connectivity index (χ2v) is 10.4. The SMILES string of the molecule is CN1C(=O)[C@@H](NC(=O)c2ncn(Cc3ccccc3Br)n2)CSc2ccc(N3CCCC3)cc21. The lowest BCUT2D eigenvalue weighted by molar-refractivity contribution is -0.119. The standard InChI is InChI=1S/C24H25BrN6O2S/c1-29-20-12-17(30-10-4-5-11-30)8-9-21(20)34-14-19(24(29)33)27-23(32)22-26-15-31(28-22)13-16-6-2-3-7-18(16)25/h2-3,6-9,12,15,19H,4-5,10-11,13-14H2,1H3,(H,27,32)/t19-/m0/s1. The Morgan fingerprint density at radius 1 is 1.21 bits per heavy atom. The van der Waals surface area contributed by atoms with Crippen LogP contribution in [-0.2, 0) is 11.3 Å². The summed E-state index contributed by atoms with van der Waals surface area (Å²) >= 11 is 5.10. The minimum absolute atomic E-state index is 0.0468. The summed E-state index contributed by atoms with van der Waals surface area (Å²) in [5.41, 5.74) is 3.05. The Balaban J connectivity index is 1.27. The zero-order chi connectivity index (χ0) is 23.7. The Kier molecular flexibility index (Phi) is 6.60. The number of nitrogens with zero attached hydrogens (tertiary/aromatic N) is 5. The fourth-order valence-electron chi connectivity index (χ4n) is 4.26. The minimum atomic E-state index is -0.666. The van der Waals surface area contributed by atoms with Crippen LogP contribution in [0.4, 0.5) is 11.4 Å². The predicted molar refractivity (Wildman–Crippen MR) is 137 cm³/mol. The molecule has 0 radical (unpaired) electrons. The molecule has 10 heteroatoms. The molecule has 2 amide bonds. The van der Waals surface area contributed by atoms with Crippen molar-refractivity contribution in [3.05, 3.63) is 64.7 Å². The lowest BCUT2D eigenvalue weighted by atomic mass is 10.2. The van der Waals surface area contributed by atoms with Gasteiger partial charge in [0.1, 0.15) is 12.4 Å². The van der Waals surface area contributed by atoms with Crippen LogP contribution in [0.1, 0.15) is 29.0 Å². The number of nitrogens with one attached hydrogen (secondary N) is 1. The van der Waals surface area contributed by atoms with Gasteiger partial charge in [-0.1, -0.05) is 34.1 Å². The van der Waals surface area contributed by atoms with Gasteiger partial charge in [0.05, 0.1) is 12.2 Å². The van der Waals surface area contributed by atoms with Gasteiger partial charge in [0.15, 0.2) is 0 Å². The zero-order valence-corrected chi connectivity index (χ0v) is 21.2. The predicted octanol–water partition coefficient (Wildman–Crippen LogP) is 3.56. The van der Waals surface area contributed by atoms with Crippen molar-refractivity contribution in [3.8, 4) is 0 Å². The maximum absolute atomic E-state index is 13.2. The number of hydrogen-bond acceptors (Lipinski definition) is 6. The molecule has 0 spiro atoms. The number of hydrogen-bond donors (Lipinski definition) is 1. The topological polar surface area (TPSA) is 83.4 Å². The Bertz CT molecular complexity index is 1230. The molecule has 34 heavy (non-hydrogen) atoms. The maximum atomic E-state index is 13.2. The van der Waals surface area contributed by atoms with E-state index in [4.69, 9.17) is 0 Å². The van der Waals surface area contributed by atoms with E-state index >= 15 is 0 Å². The van der Waals surface area contributed by atoms with E-state index in [0.717, 1.165) is 39.4 Å². The van der Waals surface area contributed by atoms with Gasteiger partial charge in [-0.2, -0.15) is 0 Å². The highest BCUT2D eigenvalue weighted by Gasteiger charge is 2.31. The number of halogens is 1. The van der Waals surface area contributed by atoms with Gasteiger partial charge in [-0.25, -0.2) is 9.67 Å². The molecule has 2 aromatic carbocycles. The lowest BCUT2D eigenvalue weighted by Crippen LogP contribution is -2.48. The average molecular weight is 541 g/mol. The summed E-state index contributed by atoms with van der Waals surface area (Å²) in [5, 5.41) is 7.15. The van der Waals surface area contributed by atoms with Crippen molar-refractivity contribution in [3.63, 3.8) is 0 Å². The molecule has 1 fully saturated rings. The molecule has 1 saturated heterocycles. The molecule has 3 heterocycles. The van der Waals surface area contributed by atoms with Crippen LogP contribution >= 0.6 is 27.7 Å². The summed E-state index contributed by atoms with van der Waals surface area (Å²) < 4.78 is 2.58. The van der Waals surface area contributed by atoms with E-state index < -0.39 is 11.9 Å². The number of amides is 2. The van der Waals surface area contributed by atoms with E-state index in [1.807, 2.05) is 24.3 Å². The van der Waals surface area contributed by atoms with Crippen LogP contribution in [0.25, 0.3) is 0 Å². The molecule has 0 bridgehead atoms. The van der Waals surface area contributed by atoms with Crippen LogP contribution in [0, 0.1) is 0 Å². The molecule has 1 N–H and O–H groups in total. The summed E-state index contributed by atoms with van der Waals surface area (Å²) in [4.78, 5) is 35.3. The average Bonchev–Trinajstić information content (AvgIpc) is 3.53. The van der Waals surface area contributed by atoms with Gasteiger partial charge in [0, 0.05) is 40.9 Å². The Morgan fingerprint density at radius 3 is 2.79 bits per heavy atom. The smallest absolute Gasteiger partial charge is 0.291 e. The largest absolute Gasteiger partial charge is 0.371 e. The van der Waals surface area contributed by atoms with Gasteiger partial charge in [-0.3, -0.25) is 9.59 Å². The van der Waals surface area contributed by atoms with Crippen molar-refractivity contribution in [2.24, 2.45) is 0 Å². The molecule has 5 rings (SSSR count). The van der Waals surface area contributed by atoms with E-state index in [1.54, 1.807) is 28.4 Å². The van der Waals surface area contributed by atoms with Gasteiger partial charge in [0.2, 0.25) is 11.7 Å². The minimum Gasteiger partial charge on any atom is -0.371 e. The third kappa shape index (κ3) is 4.69. The first-order valence-electron chi connectivity index (χ1n) is 11.2. The molecular weight excluding hydrogens is 516 g/mol. The summed E-state index contributed by atoms with van der Waals surface area (Å²) in [6.07, 6.45) is 3.92. The normalized spacial score (nSPS) is 18.1. The van der Waals surface area contributed by atoms with E-state index in [9.17, 15) is 9.59 Å². The maximum Gasteiger partial charge on any atom is 0.291 e. The van der Waals surface area contributed by atoms with E-state index in [-0.39, 0.29) is 11.7 Å². The highest BCUT2D eigenvalue weighted by Crippen LogP contribution is 2.37. The second kappa shape index (κ2) is 9.79. The van der Waals surface area contributed by atoms with Crippen molar-refractivity contribution in [2.75, 3.05) is 35.7 Å². The van der Waals surface area contributed by atoms with Crippen LogP contribution in [-0.4, -0.2) is 58.5 Å². The van der Waals surface area contributed by atoms with Gasteiger partial charge < -0.3 is 15.1 Å². The van der Waals surface area contributed by atoms with Crippen LogP contribution < -0.4 is 15.1 Å². The summed E-state index contributed by atoms with van der Waals surface area (Å²) in [5.74, 6) is -0.110. The first-order valence-corrected chi connectivity index (χ1v) is 13.0. The number of carbonyl (C=O) groups excluding carboxylic acids is 2. The molecule has 1 aromatic heterocycles. The Labute approximate surface area is 210 Å². The molecule has 0 aliphatic carbocycles. The van der Waals surface area contributed by atoms with Crippen LogP contribution in [0.3, 0.4) is 0 Å². The molecule has 0 unspecified atom stereocenters. The molecule has 0 saturated carbocycles. The van der Waals surface area contributed by atoms with Crippen LogP contribution in [0.5, 0.6) is 0 Å². The van der Waals surface area contributed by atoms with E-state index in [1.165, 1.54) is 19.2 Å². The summed E-state index contributed by atoms with van der Waals surface area (Å²) in [7, 11) is 1.77. The van der Waals surface area contributed by atoms with Gasteiger partial charge in [-0.15, -0.1) is 16.9 Å². The fraction of sp³-hybridized carbons (Fsp3) is 0.333. The Hall–Kier alpha value is -2.85. The first-order chi connectivity index (χ1) is 16.5. The Morgan fingerprint density at radius 2 is 2.00 bits per heavy atom. The molecule has 3 aromatic rings. The molecule has 2 aliphatic rings. The first kappa shape index (κ1) is 22.9. The number of benzene rings is 2. The molecule has 2 aliphatic heterocycles. The monoisotopic (exact) mass is 540 g/mol. The van der Waals surface area contributed by atoms with Crippen LogP contribution in [0.15, 0.2) is 58.2 Å². The number of rotatable bonds is 5. The van der Waals surface area contributed by atoms with Crippen molar-refractivity contribution in [1.82, 2.24) is 20.1 Å². The van der Waals surface area contributed by atoms with Crippen molar-refractivity contribution in [2.45, 2.75) is 30.3 Å². The van der Waals surface area contributed by atoms with Crippen LogP contribution in [0.2, 0.25) is 0 Å². The molecule has 176 valence electrons. The number of thioether (sulfide) groups is 1. The van der Waals surface area contributed by atoms with Crippen molar-refractivity contribution < 1.29 is 9.59 Å². The number of aromatic nitrogens is 3. The number of likely N-dealkylation sites (N-methyl/N-ethyl adjacent to an activating group) is 1. The summed E-state index contributed by atoms with van der Waals surface area (Å²) in [6.45, 7) is 2.57. The summed E-state index contributed by atoms with van der Waals surface area (Å²) in [6, 6.07) is 13.4. The molecular formula is C24H25BrN6O2S. The number of anilines is 2. The van der Waals surface area contributed by atoms with Crippen molar-refractivity contribution in [1.29, 1.82) is 0 Å². The van der Waals surface area contributed by atoms with E-state index in [2.05, 4.69) is 54.4 Å². The molecule has 1 atom stereocenters. The van der Waals surface area contributed by atoms with Gasteiger partial charge >= 0.3 is 0 Å². The van der Waals surface area contributed by atoms with E-state index in [0.29, 0.717) is 12.3 Å². The highest BCUT2D eigenvalue weighted by atomic mass is 79.9. The van der Waals surface area contributed by atoms with Gasteiger partial charge in [-0.05, 0) is 42.7 Å². The van der Waals surface area contributed by atoms with Crippen molar-refractivity contribution >= 4 is 50.9 Å². The zero-order valence-electron chi connectivity index (χ0n) is 18.8. The lowest BCUT2D eigenvalue weighted by Gasteiger charge is -2.24. The quantitative estimate of drug-likeness (QED) is 0.532. The number of fused-ring (bicyclic) bond motifs is 1. The number of carbonyl (C=O) groups is 2.